The highest BCUT2D eigenvalue weighted by molar-refractivity contribution is 6.35. The minimum absolute atomic E-state index is 0.574. The minimum Gasteiger partial charge on any atom is -0.382 e. The molecule has 0 spiro atoms. The smallest absolute Gasteiger partial charge is 0.0908 e. The van der Waals surface area contributed by atoms with Gasteiger partial charge >= 0.3 is 0 Å². The first kappa shape index (κ1) is 13.7. The van der Waals surface area contributed by atoms with E-state index >= 15 is 0 Å². The standard InChI is InChI=1S/C17H21ClN2/c1-12-4-2-5-13(8-7-12)20-16-10-9-15(18)17-14(16)6-3-11-19-17/h3,6,9-13,20H,2,4-5,7-8H2,1H3. The molecular formula is C17H21ClN2. The summed E-state index contributed by atoms with van der Waals surface area (Å²) in [6, 6.07) is 8.67. The summed E-state index contributed by atoms with van der Waals surface area (Å²) in [6.45, 7) is 2.37. The summed E-state index contributed by atoms with van der Waals surface area (Å²) in [6.07, 6.45) is 8.32. The van der Waals surface area contributed by atoms with Crippen LogP contribution in [0.15, 0.2) is 30.5 Å². The molecule has 2 nitrogen and oxygen atoms in total. The fraction of sp³-hybridized carbons (Fsp3) is 0.471. The molecule has 2 aromatic rings. The third-order valence-electron chi connectivity index (χ3n) is 4.34. The number of hydrogen-bond acceptors (Lipinski definition) is 2. The van der Waals surface area contributed by atoms with Crippen molar-refractivity contribution in [2.24, 2.45) is 5.92 Å². The minimum atomic E-state index is 0.574. The number of hydrogen-bond donors (Lipinski definition) is 1. The first-order valence-corrected chi connectivity index (χ1v) is 7.91. The van der Waals surface area contributed by atoms with E-state index in [0.717, 1.165) is 27.5 Å². The third-order valence-corrected chi connectivity index (χ3v) is 4.64. The fourth-order valence-corrected chi connectivity index (χ4v) is 3.33. The molecule has 1 N–H and O–H groups in total. The number of fused-ring (bicyclic) bond motifs is 1. The highest BCUT2D eigenvalue weighted by Gasteiger charge is 2.17. The Labute approximate surface area is 125 Å². The predicted octanol–water partition coefficient (Wildman–Crippen LogP) is 5.27. The van der Waals surface area contributed by atoms with Crippen molar-refractivity contribution in [1.82, 2.24) is 4.98 Å². The van der Waals surface area contributed by atoms with Crippen LogP contribution in [0, 0.1) is 5.92 Å². The number of aromatic nitrogens is 1. The van der Waals surface area contributed by atoms with Crippen LogP contribution in [0.5, 0.6) is 0 Å². The molecule has 1 saturated carbocycles. The van der Waals surface area contributed by atoms with Crippen molar-refractivity contribution >= 4 is 28.2 Å². The van der Waals surface area contributed by atoms with Crippen LogP contribution < -0.4 is 5.32 Å². The summed E-state index contributed by atoms with van der Waals surface area (Å²) >= 11 is 6.23. The van der Waals surface area contributed by atoms with Crippen LogP contribution in [0.4, 0.5) is 5.69 Å². The third kappa shape index (κ3) is 2.90. The van der Waals surface area contributed by atoms with Gasteiger partial charge in [0.2, 0.25) is 0 Å². The maximum absolute atomic E-state index is 6.23. The van der Waals surface area contributed by atoms with Gasteiger partial charge in [0.15, 0.2) is 0 Å². The summed E-state index contributed by atoms with van der Waals surface area (Å²) in [5.41, 5.74) is 2.05. The first-order valence-electron chi connectivity index (χ1n) is 7.54. The zero-order chi connectivity index (χ0) is 13.9. The summed E-state index contributed by atoms with van der Waals surface area (Å²) in [7, 11) is 0. The van der Waals surface area contributed by atoms with E-state index in [1.54, 1.807) is 6.20 Å². The quantitative estimate of drug-likeness (QED) is 0.762. The Hall–Kier alpha value is -1.28. The van der Waals surface area contributed by atoms with Gasteiger partial charge in [-0.25, -0.2) is 0 Å². The molecule has 0 radical (unpaired) electrons. The van der Waals surface area contributed by atoms with Crippen molar-refractivity contribution in [1.29, 1.82) is 0 Å². The van der Waals surface area contributed by atoms with E-state index < -0.39 is 0 Å². The average Bonchev–Trinajstić information content (AvgIpc) is 2.67. The van der Waals surface area contributed by atoms with Crippen LogP contribution in [0.25, 0.3) is 10.9 Å². The maximum Gasteiger partial charge on any atom is 0.0908 e. The molecule has 106 valence electrons. The van der Waals surface area contributed by atoms with E-state index in [1.807, 2.05) is 12.1 Å². The van der Waals surface area contributed by atoms with Gasteiger partial charge in [-0.05, 0) is 49.4 Å². The van der Waals surface area contributed by atoms with Gasteiger partial charge in [0.05, 0.1) is 10.5 Å². The largest absolute Gasteiger partial charge is 0.382 e. The molecule has 1 fully saturated rings. The lowest BCUT2D eigenvalue weighted by Crippen LogP contribution is -2.18. The summed E-state index contributed by atoms with van der Waals surface area (Å²) in [4.78, 5) is 4.39. The van der Waals surface area contributed by atoms with Crippen LogP contribution in [-0.4, -0.2) is 11.0 Å². The zero-order valence-electron chi connectivity index (χ0n) is 11.9. The van der Waals surface area contributed by atoms with Gasteiger partial charge < -0.3 is 5.32 Å². The monoisotopic (exact) mass is 288 g/mol. The van der Waals surface area contributed by atoms with E-state index in [1.165, 1.54) is 32.1 Å². The van der Waals surface area contributed by atoms with E-state index in [9.17, 15) is 0 Å². The van der Waals surface area contributed by atoms with Gasteiger partial charge in [0.1, 0.15) is 0 Å². The molecule has 0 saturated heterocycles. The normalized spacial score (nSPS) is 23.5. The molecule has 1 aromatic heterocycles. The average molecular weight is 289 g/mol. The number of benzene rings is 1. The highest BCUT2D eigenvalue weighted by atomic mass is 35.5. The Morgan fingerprint density at radius 1 is 1.15 bits per heavy atom. The van der Waals surface area contributed by atoms with E-state index in [4.69, 9.17) is 11.6 Å². The molecule has 3 heteroatoms. The van der Waals surface area contributed by atoms with Crippen LogP contribution >= 0.6 is 11.6 Å². The van der Waals surface area contributed by atoms with Crippen molar-refractivity contribution in [3.05, 3.63) is 35.5 Å². The first-order chi connectivity index (χ1) is 9.74. The summed E-state index contributed by atoms with van der Waals surface area (Å²) in [5, 5.41) is 5.56. The second-order valence-corrected chi connectivity index (χ2v) is 6.36. The van der Waals surface area contributed by atoms with E-state index in [0.29, 0.717) is 6.04 Å². The van der Waals surface area contributed by atoms with E-state index in [2.05, 4.69) is 29.4 Å². The van der Waals surface area contributed by atoms with Crippen molar-refractivity contribution in [2.75, 3.05) is 5.32 Å². The van der Waals surface area contributed by atoms with Gasteiger partial charge in [-0.1, -0.05) is 31.4 Å². The molecule has 1 heterocycles. The Balaban J connectivity index is 1.85. The topological polar surface area (TPSA) is 24.9 Å². The summed E-state index contributed by atoms with van der Waals surface area (Å²) in [5.74, 6) is 0.866. The number of nitrogens with one attached hydrogen (secondary N) is 1. The molecule has 1 aliphatic carbocycles. The number of rotatable bonds is 2. The Morgan fingerprint density at radius 2 is 2.05 bits per heavy atom. The number of halogens is 1. The van der Waals surface area contributed by atoms with Gasteiger partial charge in [-0.3, -0.25) is 4.98 Å². The number of nitrogens with zero attached hydrogens (tertiary/aromatic N) is 1. The van der Waals surface area contributed by atoms with Crippen LogP contribution in [0.2, 0.25) is 5.02 Å². The molecule has 2 unspecified atom stereocenters. The maximum atomic E-state index is 6.23. The lowest BCUT2D eigenvalue weighted by atomic mass is 10.0. The molecule has 20 heavy (non-hydrogen) atoms. The number of anilines is 1. The van der Waals surface area contributed by atoms with Gasteiger partial charge in [0.25, 0.3) is 0 Å². The molecule has 0 aliphatic heterocycles. The molecule has 3 rings (SSSR count). The van der Waals surface area contributed by atoms with Crippen LogP contribution in [-0.2, 0) is 0 Å². The summed E-state index contributed by atoms with van der Waals surface area (Å²) < 4.78 is 0. The van der Waals surface area contributed by atoms with Crippen molar-refractivity contribution < 1.29 is 0 Å². The van der Waals surface area contributed by atoms with Gasteiger partial charge in [-0.2, -0.15) is 0 Å². The lowest BCUT2D eigenvalue weighted by Gasteiger charge is -2.19. The number of pyridine rings is 1. The lowest BCUT2D eigenvalue weighted by molar-refractivity contribution is 0.502. The molecule has 0 amide bonds. The van der Waals surface area contributed by atoms with Crippen molar-refractivity contribution in [3.63, 3.8) is 0 Å². The predicted molar refractivity (Wildman–Crippen MR) is 86.4 cm³/mol. The zero-order valence-corrected chi connectivity index (χ0v) is 12.7. The molecule has 1 aliphatic rings. The van der Waals surface area contributed by atoms with Crippen molar-refractivity contribution in [2.45, 2.75) is 45.1 Å². The fourth-order valence-electron chi connectivity index (χ4n) is 3.12. The van der Waals surface area contributed by atoms with Crippen molar-refractivity contribution in [3.8, 4) is 0 Å². The second-order valence-electron chi connectivity index (χ2n) is 5.95. The Kier molecular flexibility index (Phi) is 4.11. The Morgan fingerprint density at radius 3 is 2.95 bits per heavy atom. The van der Waals surface area contributed by atoms with Gasteiger partial charge in [0, 0.05) is 23.3 Å². The van der Waals surface area contributed by atoms with Crippen LogP contribution in [0.3, 0.4) is 0 Å². The Bertz CT molecular complexity index is 597. The molecule has 1 aromatic carbocycles. The SMILES string of the molecule is CC1CCCC(Nc2ccc(Cl)c3ncccc23)CC1. The second kappa shape index (κ2) is 6.01. The van der Waals surface area contributed by atoms with E-state index in [-0.39, 0.29) is 0 Å². The molecule has 2 atom stereocenters. The molecule has 0 bridgehead atoms. The van der Waals surface area contributed by atoms with Gasteiger partial charge in [-0.15, -0.1) is 0 Å². The highest BCUT2D eigenvalue weighted by Crippen LogP contribution is 2.31. The van der Waals surface area contributed by atoms with Crippen LogP contribution in [0.1, 0.15) is 39.0 Å². The molecular weight excluding hydrogens is 268 g/mol.